The highest BCUT2D eigenvalue weighted by Crippen LogP contribution is 2.77. The summed E-state index contributed by atoms with van der Waals surface area (Å²) in [5.41, 5.74) is -4.26. The summed E-state index contributed by atoms with van der Waals surface area (Å²) in [4.78, 5) is 36.0. The second kappa shape index (κ2) is 7.88. The van der Waals surface area contributed by atoms with Crippen LogP contribution in [0.2, 0.25) is 0 Å². The van der Waals surface area contributed by atoms with Gasteiger partial charge in [-0.25, -0.2) is 0 Å². The molecule has 0 aromatic rings. The van der Waals surface area contributed by atoms with Gasteiger partial charge in [-0.05, 0) is 18.1 Å². The number of carbonyl (C=O) groups is 3. The van der Waals surface area contributed by atoms with Crippen LogP contribution in [-0.4, -0.2) is 68.8 Å². The molecule has 35 heavy (non-hydrogen) atoms. The predicted molar refractivity (Wildman–Crippen MR) is 122 cm³/mol. The fraction of sp³-hybridized carbons (Fsp3) is 0.731. The molecule has 2 fully saturated rings. The Kier molecular flexibility index (Phi) is 5.82. The summed E-state index contributed by atoms with van der Waals surface area (Å²) in [6.07, 6.45) is 1.23. The van der Waals surface area contributed by atoms with Crippen molar-refractivity contribution < 1.29 is 43.9 Å². The number of hydrogen-bond acceptors (Lipinski definition) is 9. The number of hydrogen-bond donors (Lipinski definition) is 3. The smallest absolute Gasteiger partial charge is 0.303 e. The van der Waals surface area contributed by atoms with Crippen molar-refractivity contribution in [3.05, 3.63) is 23.3 Å². The molecule has 0 aromatic heterocycles. The molecule has 2 saturated carbocycles. The summed E-state index contributed by atoms with van der Waals surface area (Å²) in [7, 11) is 0. The van der Waals surface area contributed by atoms with Gasteiger partial charge < -0.3 is 29.5 Å². The van der Waals surface area contributed by atoms with Crippen molar-refractivity contribution in [2.45, 2.75) is 83.9 Å². The van der Waals surface area contributed by atoms with Gasteiger partial charge in [-0.1, -0.05) is 32.9 Å². The summed E-state index contributed by atoms with van der Waals surface area (Å²) >= 11 is 0. The lowest BCUT2D eigenvalue weighted by molar-refractivity contribution is -0.234. The molecule has 194 valence electrons. The van der Waals surface area contributed by atoms with E-state index in [2.05, 4.69) is 0 Å². The molecule has 4 aliphatic rings. The van der Waals surface area contributed by atoms with Gasteiger partial charge in [0.15, 0.2) is 5.60 Å². The van der Waals surface area contributed by atoms with Gasteiger partial charge in [-0.2, -0.15) is 0 Å². The molecule has 0 aromatic carbocycles. The Labute approximate surface area is 205 Å². The summed E-state index contributed by atoms with van der Waals surface area (Å²) in [6, 6.07) is 0. The minimum atomic E-state index is -1.77. The van der Waals surface area contributed by atoms with Crippen LogP contribution in [0.4, 0.5) is 0 Å². The third-order valence-electron chi connectivity index (χ3n) is 9.03. The Morgan fingerprint density at radius 3 is 2.23 bits per heavy atom. The first-order valence-corrected chi connectivity index (χ1v) is 12.1. The summed E-state index contributed by atoms with van der Waals surface area (Å²) < 4.78 is 16.9. The first-order valence-electron chi connectivity index (χ1n) is 12.1. The Balaban J connectivity index is 1.94. The molecule has 0 amide bonds. The van der Waals surface area contributed by atoms with Crippen LogP contribution in [-0.2, 0) is 28.6 Å². The zero-order chi connectivity index (χ0) is 26.3. The molecule has 0 aliphatic heterocycles. The second-order valence-corrected chi connectivity index (χ2v) is 11.4. The third-order valence-corrected chi connectivity index (χ3v) is 9.03. The van der Waals surface area contributed by atoms with Crippen molar-refractivity contribution in [2.75, 3.05) is 6.61 Å². The monoisotopic (exact) mass is 492 g/mol. The Bertz CT molecular complexity index is 1030. The highest BCUT2D eigenvalue weighted by molar-refractivity contribution is 5.69. The van der Waals surface area contributed by atoms with Crippen LogP contribution in [0, 0.1) is 29.1 Å². The van der Waals surface area contributed by atoms with Crippen molar-refractivity contribution in [3.63, 3.8) is 0 Å². The molecule has 9 nitrogen and oxygen atoms in total. The number of esters is 3. The lowest BCUT2D eigenvalue weighted by Gasteiger charge is -2.53. The molecule has 0 spiro atoms. The number of rotatable bonds is 4. The molecule has 0 saturated heterocycles. The van der Waals surface area contributed by atoms with Crippen LogP contribution in [0.5, 0.6) is 0 Å². The van der Waals surface area contributed by atoms with Crippen LogP contribution < -0.4 is 0 Å². The Morgan fingerprint density at radius 2 is 1.69 bits per heavy atom. The van der Waals surface area contributed by atoms with Gasteiger partial charge in [0.2, 0.25) is 0 Å². The van der Waals surface area contributed by atoms with E-state index in [-0.39, 0.29) is 13.0 Å². The van der Waals surface area contributed by atoms with E-state index in [9.17, 15) is 29.7 Å². The van der Waals surface area contributed by atoms with Gasteiger partial charge >= 0.3 is 17.9 Å². The maximum atomic E-state index is 12.6. The molecule has 0 unspecified atom stereocenters. The molecule has 9 heteroatoms. The number of aliphatic hydroxyl groups excluding tert-OH is 1. The number of aliphatic hydroxyl groups is 3. The number of fused-ring (bicyclic) bond motifs is 5. The highest BCUT2D eigenvalue weighted by atomic mass is 16.6. The Morgan fingerprint density at radius 1 is 1.06 bits per heavy atom. The minimum Gasteiger partial charge on any atom is -0.461 e. The lowest BCUT2D eigenvalue weighted by atomic mass is 9.59. The van der Waals surface area contributed by atoms with E-state index in [1.54, 1.807) is 26.0 Å². The van der Waals surface area contributed by atoms with E-state index < -0.39 is 76.0 Å². The zero-order valence-electron chi connectivity index (χ0n) is 21.3. The van der Waals surface area contributed by atoms with Crippen molar-refractivity contribution in [2.24, 2.45) is 29.1 Å². The largest absolute Gasteiger partial charge is 0.461 e. The minimum absolute atomic E-state index is 0.0303. The van der Waals surface area contributed by atoms with Gasteiger partial charge in [0.25, 0.3) is 0 Å². The Hall–Kier alpha value is -2.23. The summed E-state index contributed by atoms with van der Waals surface area (Å²) in [5, 5.41) is 35.4. The number of carbonyl (C=O) groups excluding carboxylic acids is 3. The second-order valence-electron chi connectivity index (χ2n) is 11.4. The fourth-order valence-electron chi connectivity index (χ4n) is 7.59. The van der Waals surface area contributed by atoms with Gasteiger partial charge in [0, 0.05) is 56.3 Å². The van der Waals surface area contributed by atoms with Crippen molar-refractivity contribution >= 4 is 17.9 Å². The van der Waals surface area contributed by atoms with Gasteiger partial charge in [0.1, 0.15) is 24.4 Å². The molecule has 3 N–H and O–H groups in total. The average molecular weight is 493 g/mol. The molecular weight excluding hydrogens is 456 g/mol. The van der Waals surface area contributed by atoms with Crippen molar-refractivity contribution in [3.8, 4) is 0 Å². The van der Waals surface area contributed by atoms with Gasteiger partial charge in [-0.3, -0.25) is 14.4 Å². The molecule has 0 radical (unpaired) electrons. The molecule has 4 rings (SSSR count). The van der Waals surface area contributed by atoms with Gasteiger partial charge in [0.05, 0.1) is 5.60 Å². The fourth-order valence-corrected chi connectivity index (χ4v) is 7.59. The number of ether oxygens (including phenoxy) is 3. The summed E-state index contributed by atoms with van der Waals surface area (Å²) in [5.74, 6) is -4.43. The molecule has 4 aliphatic carbocycles. The van der Waals surface area contributed by atoms with Crippen LogP contribution in [0.1, 0.15) is 54.9 Å². The van der Waals surface area contributed by atoms with Crippen molar-refractivity contribution in [1.29, 1.82) is 0 Å². The SMILES string of the molecule is CC(=O)OCC1=C[C@H]2[C@@H]3C(C)(C)[C@]3(OC(C)=O)[C@H](OC(C)=O)[C@@H](C)[C@]2(O)[C@@H]2C=C(C)[C@H](O)[C@@]2(O)C1. The van der Waals surface area contributed by atoms with Crippen LogP contribution in [0.25, 0.3) is 0 Å². The first kappa shape index (κ1) is 25.9. The molecule has 9 atom stereocenters. The standard InChI is InChI=1S/C26H36O9/c1-12-8-19-24(31,21(12)30)10-17(11-33-14(3)27)9-18-20-23(6,7)26(20,35-16(5)29)22(34-15(4)28)13(2)25(18,19)32/h8-9,13,18-22,30-32H,10-11H2,1-7H3/t13-,18+,19-,20-,21+,22-,24-,25-,26-/m1/s1. The van der Waals surface area contributed by atoms with E-state index in [4.69, 9.17) is 14.2 Å². The van der Waals surface area contributed by atoms with Crippen molar-refractivity contribution in [1.82, 2.24) is 0 Å². The quantitative estimate of drug-likeness (QED) is 0.302. The van der Waals surface area contributed by atoms with Gasteiger partial charge in [-0.15, -0.1) is 0 Å². The lowest BCUT2D eigenvalue weighted by Crippen LogP contribution is -2.66. The third kappa shape index (κ3) is 3.34. The molecule has 0 bridgehead atoms. The van der Waals surface area contributed by atoms with E-state index in [0.29, 0.717) is 11.1 Å². The van der Waals surface area contributed by atoms with Crippen LogP contribution in [0.3, 0.4) is 0 Å². The molecular formula is C26H36O9. The van der Waals surface area contributed by atoms with E-state index >= 15 is 0 Å². The summed E-state index contributed by atoms with van der Waals surface area (Å²) in [6.45, 7) is 10.9. The maximum absolute atomic E-state index is 12.6. The van der Waals surface area contributed by atoms with E-state index in [0.717, 1.165) is 0 Å². The predicted octanol–water partition coefficient (Wildman–Crippen LogP) is 1.43. The normalized spacial score (nSPS) is 45.0. The topological polar surface area (TPSA) is 140 Å². The van der Waals surface area contributed by atoms with E-state index in [1.807, 2.05) is 13.8 Å². The zero-order valence-corrected chi connectivity index (χ0v) is 21.3. The van der Waals surface area contributed by atoms with E-state index in [1.165, 1.54) is 20.8 Å². The highest BCUT2D eigenvalue weighted by Gasteiger charge is 2.87. The average Bonchev–Trinajstić information content (AvgIpc) is 3.15. The molecule has 0 heterocycles. The maximum Gasteiger partial charge on any atom is 0.303 e. The van der Waals surface area contributed by atoms with Crippen LogP contribution >= 0.6 is 0 Å². The van der Waals surface area contributed by atoms with Crippen LogP contribution in [0.15, 0.2) is 23.3 Å². The first-order chi connectivity index (χ1) is 16.0.